The van der Waals surface area contributed by atoms with Gasteiger partial charge in [-0.05, 0) is 22.9 Å². The molecule has 1 amide bonds. The molecule has 0 unspecified atom stereocenters. The quantitative estimate of drug-likeness (QED) is 0.873. The molecule has 0 bridgehead atoms. The Morgan fingerprint density at radius 1 is 1.04 bits per heavy atom. The summed E-state index contributed by atoms with van der Waals surface area (Å²) in [6.45, 7) is 7.14. The second-order valence-electron chi connectivity index (χ2n) is 6.34. The lowest BCUT2D eigenvalue weighted by Crippen LogP contribution is -2.50. The molecule has 1 fully saturated rings. The van der Waals surface area contributed by atoms with Crippen LogP contribution in [0.5, 0.6) is 5.75 Å². The molecule has 122 valence electrons. The molecule has 0 saturated carbocycles. The molecule has 1 aliphatic heterocycles. The number of hydrogen-bond donors (Lipinski definition) is 0. The first-order chi connectivity index (χ1) is 11.1. The zero-order valence-electron chi connectivity index (χ0n) is 14.1. The average Bonchev–Trinajstić information content (AvgIpc) is 2.60. The Kier molecular flexibility index (Phi) is 4.42. The first-order valence-electron chi connectivity index (χ1n) is 8.20. The van der Waals surface area contributed by atoms with Crippen LogP contribution in [0, 0.1) is 5.92 Å². The van der Waals surface area contributed by atoms with E-state index in [1.165, 1.54) is 10.8 Å². The van der Waals surface area contributed by atoms with Gasteiger partial charge in [0.2, 0.25) is 5.91 Å². The molecule has 4 heteroatoms. The Labute approximate surface area is 137 Å². The van der Waals surface area contributed by atoms with Gasteiger partial charge in [0.25, 0.3) is 0 Å². The van der Waals surface area contributed by atoms with Gasteiger partial charge in [-0.1, -0.05) is 38.1 Å². The zero-order valence-corrected chi connectivity index (χ0v) is 14.1. The first kappa shape index (κ1) is 15.7. The predicted octanol–water partition coefficient (Wildman–Crippen LogP) is 3.15. The average molecular weight is 312 g/mol. The van der Waals surface area contributed by atoms with Crippen LogP contribution >= 0.6 is 0 Å². The Balaban J connectivity index is 1.82. The summed E-state index contributed by atoms with van der Waals surface area (Å²) in [7, 11) is 1.71. The summed E-state index contributed by atoms with van der Waals surface area (Å²) in [5.74, 6) is 1.21. The predicted molar refractivity (Wildman–Crippen MR) is 94.1 cm³/mol. The third kappa shape index (κ3) is 3.11. The van der Waals surface area contributed by atoms with Crippen molar-refractivity contribution in [2.45, 2.75) is 13.8 Å². The van der Waals surface area contributed by atoms with Gasteiger partial charge < -0.3 is 14.5 Å². The Morgan fingerprint density at radius 2 is 1.65 bits per heavy atom. The number of hydrogen-bond acceptors (Lipinski definition) is 3. The highest BCUT2D eigenvalue weighted by Crippen LogP contribution is 2.33. The highest BCUT2D eigenvalue weighted by molar-refractivity contribution is 5.89. The van der Waals surface area contributed by atoms with Gasteiger partial charge in [-0.25, -0.2) is 0 Å². The molecule has 1 saturated heterocycles. The van der Waals surface area contributed by atoms with Gasteiger partial charge in [-0.15, -0.1) is 0 Å². The van der Waals surface area contributed by atoms with E-state index in [0.717, 1.165) is 37.6 Å². The first-order valence-corrected chi connectivity index (χ1v) is 8.20. The Morgan fingerprint density at radius 3 is 2.22 bits per heavy atom. The standard InChI is InChI=1S/C19H24N2O2/c1-14(2)19(22)21-10-8-20(9-11-21)17-12-15-6-4-5-7-16(15)13-18(17)23-3/h4-7,12-14H,8-11H2,1-3H3. The number of fused-ring (bicyclic) bond motifs is 1. The van der Waals surface area contributed by atoms with Gasteiger partial charge in [0.1, 0.15) is 5.75 Å². The summed E-state index contributed by atoms with van der Waals surface area (Å²) in [5.41, 5.74) is 1.11. The lowest BCUT2D eigenvalue weighted by molar-refractivity contribution is -0.134. The van der Waals surface area contributed by atoms with E-state index >= 15 is 0 Å². The third-order valence-electron chi connectivity index (χ3n) is 4.47. The molecular formula is C19H24N2O2. The van der Waals surface area contributed by atoms with Crippen LogP contribution in [0.1, 0.15) is 13.8 Å². The number of piperazine rings is 1. The number of carbonyl (C=O) groups excluding carboxylic acids is 1. The second-order valence-corrected chi connectivity index (χ2v) is 6.34. The summed E-state index contributed by atoms with van der Waals surface area (Å²) in [6, 6.07) is 12.6. The van der Waals surface area contributed by atoms with Crippen molar-refractivity contribution in [3.05, 3.63) is 36.4 Å². The number of ether oxygens (including phenoxy) is 1. The molecule has 0 spiro atoms. The number of rotatable bonds is 3. The van der Waals surface area contributed by atoms with Crippen LogP contribution in [-0.2, 0) is 4.79 Å². The second kappa shape index (κ2) is 6.49. The SMILES string of the molecule is COc1cc2ccccc2cc1N1CCN(C(=O)C(C)C)CC1. The molecule has 4 nitrogen and oxygen atoms in total. The molecule has 0 aliphatic carbocycles. The topological polar surface area (TPSA) is 32.8 Å². The smallest absolute Gasteiger partial charge is 0.225 e. The van der Waals surface area contributed by atoms with E-state index in [-0.39, 0.29) is 11.8 Å². The highest BCUT2D eigenvalue weighted by atomic mass is 16.5. The monoisotopic (exact) mass is 312 g/mol. The highest BCUT2D eigenvalue weighted by Gasteiger charge is 2.24. The van der Waals surface area contributed by atoms with Crippen LogP contribution in [-0.4, -0.2) is 44.1 Å². The fraction of sp³-hybridized carbons (Fsp3) is 0.421. The summed E-state index contributed by atoms with van der Waals surface area (Å²) < 4.78 is 5.60. The van der Waals surface area contributed by atoms with Crippen molar-refractivity contribution in [2.24, 2.45) is 5.92 Å². The van der Waals surface area contributed by atoms with Crippen LogP contribution in [0.4, 0.5) is 5.69 Å². The molecule has 1 heterocycles. The normalized spacial score (nSPS) is 15.3. The number of amides is 1. The van der Waals surface area contributed by atoms with Crippen molar-refractivity contribution in [3.8, 4) is 5.75 Å². The van der Waals surface area contributed by atoms with Crippen LogP contribution < -0.4 is 9.64 Å². The molecule has 2 aromatic carbocycles. The van der Waals surface area contributed by atoms with Crippen LogP contribution in [0.3, 0.4) is 0 Å². The van der Waals surface area contributed by atoms with E-state index in [0.29, 0.717) is 0 Å². The van der Waals surface area contributed by atoms with Crippen molar-refractivity contribution in [1.29, 1.82) is 0 Å². The molecule has 0 radical (unpaired) electrons. The summed E-state index contributed by atoms with van der Waals surface area (Å²) in [6.07, 6.45) is 0. The number of nitrogens with zero attached hydrogens (tertiary/aromatic N) is 2. The van der Waals surface area contributed by atoms with E-state index in [4.69, 9.17) is 4.74 Å². The van der Waals surface area contributed by atoms with Gasteiger partial charge in [0, 0.05) is 32.1 Å². The lowest BCUT2D eigenvalue weighted by atomic mass is 10.1. The minimum Gasteiger partial charge on any atom is -0.495 e. The molecule has 3 rings (SSSR count). The van der Waals surface area contributed by atoms with Crippen LogP contribution in [0.15, 0.2) is 36.4 Å². The van der Waals surface area contributed by atoms with E-state index in [1.807, 2.05) is 24.8 Å². The van der Waals surface area contributed by atoms with Crippen LogP contribution in [0.25, 0.3) is 10.8 Å². The molecule has 1 aliphatic rings. The maximum Gasteiger partial charge on any atom is 0.225 e. The largest absolute Gasteiger partial charge is 0.495 e. The van der Waals surface area contributed by atoms with E-state index in [1.54, 1.807) is 7.11 Å². The van der Waals surface area contributed by atoms with Gasteiger partial charge in [0.15, 0.2) is 0 Å². The molecule has 0 N–H and O–H groups in total. The van der Waals surface area contributed by atoms with E-state index < -0.39 is 0 Å². The number of benzene rings is 2. The molecule has 0 atom stereocenters. The summed E-state index contributed by atoms with van der Waals surface area (Å²) in [5, 5.41) is 2.39. The van der Waals surface area contributed by atoms with Gasteiger partial charge in [-0.3, -0.25) is 4.79 Å². The maximum absolute atomic E-state index is 12.1. The van der Waals surface area contributed by atoms with E-state index in [9.17, 15) is 4.79 Å². The number of methoxy groups -OCH3 is 1. The molecular weight excluding hydrogens is 288 g/mol. The van der Waals surface area contributed by atoms with Gasteiger partial charge in [-0.2, -0.15) is 0 Å². The minimum absolute atomic E-state index is 0.0664. The zero-order chi connectivity index (χ0) is 16.4. The van der Waals surface area contributed by atoms with Crippen molar-refractivity contribution >= 4 is 22.4 Å². The van der Waals surface area contributed by atoms with Crippen molar-refractivity contribution < 1.29 is 9.53 Å². The molecule has 2 aromatic rings. The molecule has 23 heavy (non-hydrogen) atoms. The van der Waals surface area contributed by atoms with Crippen molar-refractivity contribution in [3.63, 3.8) is 0 Å². The van der Waals surface area contributed by atoms with E-state index in [2.05, 4.69) is 35.2 Å². The van der Waals surface area contributed by atoms with Gasteiger partial charge >= 0.3 is 0 Å². The number of anilines is 1. The third-order valence-corrected chi connectivity index (χ3v) is 4.47. The summed E-state index contributed by atoms with van der Waals surface area (Å²) in [4.78, 5) is 16.4. The Bertz CT molecular complexity index is 704. The van der Waals surface area contributed by atoms with Crippen molar-refractivity contribution in [1.82, 2.24) is 4.90 Å². The van der Waals surface area contributed by atoms with Gasteiger partial charge in [0.05, 0.1) is 12.8 Å². The minimum atomic E-state index is 0.0664. The fourth-order valence-corrected chi connectivity index (χ4v) is 3.15. The Hall–Kier alpha value is -2.23. The maximum atomic E-state index is 12.1. The lowest BCUT2D eigenvalue weighted by Gasteiger charge is -2.37. The summed E-state index contributed by atoms with van der Waals surface area (Å²) >= 11 is 0. The number of carbonyl (C=O) groups is 1. The van der Waals surface area contributed by atoms with Crippen LogP contribution in [0.2, 0.25) is 0 Å². The van der Waals surface area contributed by atoms with Crippen molar-refractivity contribution in [2.75, 3.05) is 38.2 Å². The fourth-order valence-electron chi connectivity index (χ4n) is 3.15. The molecule has 0 aromatic heterocycles.